The first-order chi connectivity index (χ1) is 16.5. The van der Waals surface area contributed by atoms with Gasteiger partial charge in [-0.1, -0.05) is 35.5 Å². The number of amides is 1. The fourth-order valence-electron chi connectivity index (χ4n) is 4.33. The number of rotatable bonds is 8. The van der Waals surface area contributed by atoms with Crippen molar-refractivity contribution in [2.24, 2.45) is 5.92 Å². The summed E-state index contributed by atoms with van der Waals surface area (Å²) in [5.41, 5.74) is 3.07. The van der Waals surface area contributed by atoms with Crippen molar-refractivity contribution in [1.82, 2.24) is 20.4 Å². The molecule has 180 valence electrons. The van der Waals surface area contributed by atoms with Gasteiger partial charge in [0.15, 0.2) is 11.5 Å². The van der Waals surface area contributed by atoms with Gasteiger partial charge in [-0.05, 0) is 63.0 Å². The Morgan fingerprint density at radius 2 is 1.88 bits per heavy atom. The zero-order chi connectivity index (χ0) is 24.1. The molecule has 0 aliphatic carbocycles. The summed E-state index contributed by atoms with van der Waals surface area (Å²) >= 11 is 0. The second-order valence-corrected chi connectivity index (χ2v) is 8.72. The van der Waals surface area contributed by atoms with Gasteiger partial charge in [-0.2, -0.15) is 4.98 Å². The molecule has 1 aromatic heterocycles. The van der Waals surface area contributed by atoms with Crippen molar-refractivity contribution < 1.29 is 18.8 Å². The monoisotopic (exact) mass is 464 g/mol. The number of carbonyl (C=O) groups is 1. The second-order valence-electron chi connectivity index (χ2n) is 8.72. The highest BCUT2D eigenvalue weighted by molar-refractivity contribution is 5.79. The third kappa shape index (κ3) is 5.39. The van der Waals surface area contributed by atoms with Crippen molar-refractivity contribution in [3.8, 4) is 22.9 Å². The summed E-state index contributed by atoms with van der Waals surface area (Å²) in [6.45, 7) is 6.23. The van der Waals surface area contributed by atoms with E-state index < -0.39 is 0 Å². The number of carbonyl (C=O) groups excluding carboxylic acids is 1. The molecular weight excluding hydrogens is 432 g/mol. The number of likely N-dealkylation sites (tertiary alicyclic amines) is 1. The van der Waals surface area contributed by atoms with Gasteiger partial charge in [0.25, 0.3) is 0 Å². The van der Waals surface area contributed by atoms with E-state index in [1.54, 1.807) is 14.2 Å². The number of nitrogens with one attached hydrogen (secondary N) is 1. The number of methoxy groups -OCH3 is 2. The van der Waals surface area contributed by atoms with Gasteiger partial charge in [0.2, 0.25) is 17.6 Å². The van der Waals surface area contributed by atoms with Crippen LogP contribution in [0.3, 0.4) is 0 Å². The average molecular weight is 465 g/mol. The minimum Gasteiger partial charge on any atom is -0.493 e. The van der Waals surface area contributed by atoms with E-state index in [2.05, 4.69) is 20.4 Å². The molecule has 1 aliphatic rings. The summed E-state index contributed by atoms with van der Waals surface area (Å²) in [5, 5.41) is 7.30. The van der Waals surface area contributed by atoms with Gasteiger partial charge >= 0.3 is 0 Å². The normalized spacial score (nSPS) is 15.6. The minimum atomic E-state index is -0.122. The van der Waals surface area contributed by atoms with Crippen molar-refractivity contribution in [3.05, 3.63) is 59.5 Å². The van der Waals surface area contributed by atoms with E-state index in [-0.39, 0.29) is 17.9 Å². The Morgan fingerprint density at radius 1 is 1.15 bits per heavy atom. The van der Waals surface area contributed by atoms with E-state index >= 15 is 0 Å². The van der Waals surface area contributed by atoms with Crippen LogP contribution in [0.4, 0.5) is 0 Å². The molecule has 1 N–H and O–H groups in total. The molecule has 4 rings (SSSR count). The van der Waals surface area contributed by atoms with Crippen molar-refractivity contribution in [3.63, 3.8) is 0 Å². The van der Waals surface area contributed by atoms with Crippen molar-refractivity contribution in [2.45, 2.75) is 39.3 Å². The third-order valence-electron chi connectivity index (χ3n) is 6.44. The number of nitrogens with zero attached hydrogens (tertiary/aromatic N) is 3. The maximum atomic E-state index is 12.9. The zero-order valence-corrected chi connectivity index (χ0v) is 20.2. The number of hydrogen-bond donors (Lipinski definition) is 1. The molecule has 2 heterocycles. The van der Waals surface area contributed by atoms with E-state index in [0.717, 1.165) is 42.6 Å². The molecule has 3 aromatic rings. The molecule has 8 heteroatoms. The molecule has 0 saturated carbocycles. The molecule has 0 spiro atoms. The van der Waals surface area contributed by atoms with Crippen LogP contribution in [0, 0.1) is 12.8 Å². The summed E-state index contributed by atoms with van der Waals surface area (Å²) in [6.07, 6.45) is 1.59. The van der Waals surface area contributed by atoms with Gasteiger partial charge < -0.3 is 19.3 Å². The van der Waals surface area contributed by atoms with Crippen LogP contribution < -0.4 is 14.8 Å². The van der Waals surface area contributed by atoms with E-state index in [4.69, 9.17) is 14.0 Å². The average Bonchev–Trinajstić information content (AvgIpc) is 3.32. The van der Waals surface area contributed by atoms with Crippen molar-refractivity contribution in [1.29, 1.82) is 0 Å². The van der Waals surface area contributed by atoms with Crippen LogP contribution in [0.5, 0.6) is 11.5 Å². The number of piperidine rings is 1. The molecule has 1 amide bonds. The molecule has 1 atom stereocenters. The Kier molecular flexibility index (Phi) is 7.47. The minimum absolute atomic E-state index is 0.0101. The van der Waals surface area contributed by atoms with E-state index in [1.165, 1.54) is 0 Å². The number of aryl methyl sites for hydroxylation is 1. The highest BCUT2D eigenvalue weighted by Gasteiger charge is 2.27. The van der Waals surface area contributed by atoms with Gasteiger partial charge in [0.1, 0.15) is 0 Å². The van der Waals surface area contributed by atoms with Crippen LogP contribution in [-0.4, -0.2) is 48.3 Å². The predicted molar refractivity (Wildman–Crippen MR) is 129 cm³/mol. The van der Waals surface area contributed by atoms with Crippen molar-refractivity contribution in [2.75, 3.05) is 27.3 Å². The number of ether oxygens (including phenoxy) is 2. The standard InChI is InChI=1S/C26H32N4O4/c1-17-7-5-6-8-21(17)25-28-24(34-29-25)16-30-13-11-19(12-14-30)26(31)27-18(2)20-9-10-22(32-3)23(15-20)33-4/h5-10,15,18-19H,11-14,16H2,1-4H3,(H,27,31). The second kappa shape index (κ2) is 10.7. The molecule has 0 bridgehead atoms. The lowest BCUT2D eigenvalue weighted by atomic mass is 9.95. The zero-order valence-electron chi connectivity index (χ0n) is 20.2. The summed E-state index contributed by atoms with van der Waals surface area (Å²) in [6, 6.07) is 13.6. The largest absolute Gasteiger partial charge is 0.493 e. The Labute approximate surface area is 200 Å². The lowest BCUT2D eigenvalue weighted by Gasteiger charge is -2.31. The number of hydrogen-bond acceptors (Lipinski definition) is 7. The molecule has 1 unspecified atom stereocenters. The molecule has 2 aromatic carbocycles. The molecule has 34 heavy (non-hydrogen) atoms. The Balaban J connectivity index is 1.28. The van der Waals surface area contributed by atoms with Crippen LogP contribution in [0.1, 0.15) is 42.8 Å². The lowest BCUT2D eigenvalue weighted by molar-refractivity contribution is -0.127. The fourth-order valence-corrected chi connectivity index (χ4v) is 4.33. The topological polar surface area (TPSA) is 89.7 Å². The highest BCUT2D eigenvalue weighted by Crippen LogP contribution is 2.30. The molecule has 0 radical (unpaired) electrons. The Bertz CT molecular complexity index is 1120. The maximum Gasteiger partial charge on any atom is 0.241 e. The summed E-state index contributed by atoms with van der Waals surface area (Å²) in [7, 11) is 3.22. The Morgan fingerprint density at radius 3 is 2.59 bits per heavy atom. The summed E-state index contributed by atoms with van der Waals surface area (Å²) < 4.78 is 16.2. The van der Waals surface area contributed by atoms with Gasteiger partial charge in [-0.25, -0.2) is 0 Å². The number of aromatic nitrogens is 2. The molecule has 1 saturated heterocycles. The first-order valence-corrected chi connectivity index (χ1v) is 11.6. The smallest absolute Gasteiger partial charge is 0.241 e. The third-order valence-corrected chi connectivity index (χ3v) is 6.44. The fraction of sp³-hybridized carbons (Fsp3) is 0.423. The van der Waals surface area contributed by atoms with Crippen molar-refractivity contribution >= 4 is 5.91 Å². The van der Waals surface area contributed by atoms with Gasteiger partial charge in [0, 0.05) is 11.5 Å². The lowest BCUT2D eigenvalue weighted by Crippen LogP contribution is -2.40. The summed E-state index contributed by atoms with van der Waals surface area (Å²) in [4.78, 5) is 19.7. The summed E-state index contributed by atoms with van der Waals surface area (Å²) in [5.74, 6) is 2.62. The SMILES string of the molecule is COc1ccc(C(C)NC(=O)C2CCN(Cc3nc(-c4ccccc4C)no3)CC2)cc1OC. The van der Waals surface area contributed by atoms with E-state index in [0.29, 0.717) is 29.8 Å². The molecule has 8 nitrogen and oxygen atoms in total. The van der Waals surface area contributed by atoms with Gasteiger partial charge in [0.05, 0.1) is 26.8 Å². The molecule has 1 fully saturated rings. The van der Waals surface area contributed by atoms with Gasteiger partial charge in [-0.15, -0.1) is 0 Å². The maximum absolute atomic E-state index is 12.9. The predicted octanol–water partition coefficient (Wildman–Crippen LogP) is 4.15. The van der Waals surface area contributed by atoms with Crippen LogP contribution in [0.25, 0.3) is 11.4 Å². The quantitative estimate of drug-likeness (QED) is 0.536. The van der Waals surface area contributed by atoms with Crippen LogP contribution in [0.2, 0.25) is 0 Å². The van der Waals surface area contributed by atoms with Crippen LogP contribution in [0.15, 0.2) is 47.0 Å². The number of benzene rings is 2. The first kappa shape index (κ1) is 23.8. The Hall–Kier alpha value is -3.39. The molecule has 1 aliphatic heterocycles. The highest BCUT2D eigenvalue weighted by atomic mass is 16.5. The molecular formula is C26H32N4O4. The first-order valence-electron chi connectivity index (χ1n) is 11.6. The van der Waals surface area contributed by atoms with Crippen LogP contribution >= 0.6 is 0 Å². The van der Waals surface area contributed by atoms with Crippen LogP contribution in [-0.2, 0) is 11.3 Å². The van der Waals surface area contributed by atoms with E-state index in [1.807, 2.05) is 56.3 Å². The van der Waals surface area contributed by atoms with E-state index in [9.17, 15) is 4.79 Å². The van der Waals surface area contributed by atoms with Gasteiger partial charge in [-0.3, -0.25) is 9.69 Å².